The quantitative estimate of drug-likeness (QED) is 0.509. The highest BCUT2D eigenvalue weighted by Gasteiger charge is 2.11. The van der Waals surface area contributed by atoms with Gasteiger partial charge in [0.05, 0.1) is 11.4 Å². The molecule has 0 aliphatic heterocycles. The summed E-state index contributed by atoms with van der Waals surface area (Å²) in [5.41, 5.74) is 7.48. The number of H-pyrrole nitrogens is 2. The first-order chi connectivity index (χ1) is 10.6. The van der Waals surface area contributed by atoms with Crippen molar-refractivity contribution in [3.05, 3.63) is 64.7 Å². The average molecular weight is 297 g/mol. The molecule has 1 heterocycles. The summed E-state index contributed by atoms with van der Waals surface area (Å²) >= 11 is 0. The minimum atomic E-state index is -0.421. The van der Waals surface area contributed by atoms with Crippen LogP contribution in [-0.4, -0.2) is 10.2 Å². The van der Waals surface area contributed by atoms with Crippen LogP contribution in [0.15, 0.2) is 63.6 Å². The number of aromatic nitrogens is 2. The topological polar surface area (TPSA) is 99.4 Å². The Kier molecular flexibility index (Phi) is 3.53. The number of halogens is 1. The highest BCUT2D eigenvalue weighted by molar-refractivity contribution is 5.73. The molecule has 0 atom stereocenters. The second kappa shape index (κ2) is 5.65. The highest BCUT2D eigenvalue weighted by atomic mass is 19.1. The molecule has 3 rings (SSSR count). The van der Waals surface area contributed by atoms with Crippen molar-refractivity contribution < 1.29 is 4.39 Å². The van der Waals surface area contributed by atoms with Crippen molar-refractivity contribution in [3.8, 4) is 11.3 Å². The molecule has 110 valence electrons. The number of nitrogen functional groups attached to an aromatic ring is 1. The van der Waals surface area contributed by atoms with Gasteiger partial charge < -0.3 is 5.73 Å². The first-order valence-corrected chi connectivity index (χ1v) is 6.47. The summed E-state index contributed by atoms with van der Waals surface area (Å²) in [6.45, 7) is 0. The predicted molar refractivity (Wildman–Crippen MR) is 81.8 cm³/mol. The fourth-order valence-electron chi connectivity index (χ4n) is 2.00. The van der Waals surface area contributed by atoms with Crippen LogP contribution in [0.5, 0.6) is 0 Å². The van der Waals surface area contributed by atoms with Gasteiger partial charge in [0.1, 0.15) is 5.82 Å². The van der Waals surface area contributed by atoms with Gasteiger partial charge in [-0.2, -0.15) is 5.11 Å². The Bertz CT molecular complexity index is 897. The molecule has 4 N–H and O–H groups in total. The van der Waals surface area contributed by atoms with E-state index in [0.717, 1.165) is 0 Å². The zero-order valence-corrected chi connectivity index (χ0v) is 11.4. The van der Waals surface area contributed by atoms with E-state index in [-0.39, 0.29) is 5.69 Å². The lowest BCUT2D eigenvalue weighted by Crippen LogP contribution is -1.96. The average Bonchev–Trinajstić information content (AvgIpc) is 2.86. The standard InChI is InChI=1S/C15H12FN5O/c16-10-4-2-6-12(8-10)18-20-14-13(19-21-15(14)22)9-3-1-5-11(17)7-9/h1-8H,17H2,(H2,19,21,22). The highest BCUT2D eigenvalue weighted by Crippen LogP contribution is 2.27. The summed E-state index contributed by atoms with van der Waals surface area (Å²) in [4.78, 5) is 11.8. The van der Waals surface area contributed by atoms with Crippen molar-refractivity contribution in [1.29, 1.82) is 0 Å². The molecule has 0 aliphatic rings. The molecule has 7 heteroatoms. The molecule has 0 saturated carbocycles. The number of rotatable bonds is 3. The van der Waals surface area contributed by atoms with Crippen molar-refractivity contribution in [2.45, 2.75) is 0 Å². The smallest absolute Gasteiger partial charge is 0.292 e. The van der Waals surface area contributed by atoms with Gasteiger partial charge in [0.15, 0.2) is 5.69 Å². The van der Waals surface area contributed by atoms with E-state index in [0.29, 0.717) is 22.6 Å². The van der Waals surface area contributed by atoms with Gasteiger partial charge in [-0.1, -0.05) is 18.2 Å². The molecule has 1 aromatic heterocycles. The lowest BCUT2D eigenvalue weighted by molar-refractivity contribution is 0.628. The molecule has 3 aromatic rings. The fraction of sp³-hybridized carbons (Fsp3) is 0. The van der Waals surface area contributed by atoms with Crippen molar-refractivity contribution in [3.63, 3.8) is 0 Å². The summed E-state index contributed by atoms with van der Waals surface area (Å²) in [7, 11) is 0. The second-order valence-electron chi connectivity index (χ2n) is 4.61. The molecule has 0 unspecified atom stereocenters. The van der Waals surface area contributed by atoms with Crippen LogP contribution in [0, 0.1) is 5.82 Å². The Morgan fingerprint density at radius 3 is 2.59 bits per heavy atom. The number of anilines is 1. The molecule has 0 aliphatic carbocycles. The van der Waals surface area contributed by atoms with Crippen LogP contribution in [0.2, 0.25) is 0 Å². The van der Waals surface area contributed by atoms with Gasteiger partial charge in [-0.05, 0) is 24.3 Å². The summed E-state index contributed by atoms with van der Waals surface area (Å²) in [5.74, 6) is -0.421. The first-order valence-electron chi connectivity index (χ1n) is 6.47. The van der Waals surface area contributed by atoms with Crippen molar-refractivity contribution in [2.24, 2.45) is 10.2 Å². The third-order valence-corrected chi connectivity index (χ3v) is 3.00. The van der Waals surface area contributed by atoms with E-state index in [2.05, 4.69) is 20.4 Å². The number of hydrogen-bond acceptors (Lipinski definition) is 4. The molecule has 0 fully saturated rings. The van der Waals surface area contributed by atoms with E-state index in [1.165, 1.54) is 18.2 Å². The van der Waals surface area contributed by atoms with Gasteiger partial charge >= 0.3 is 0 Å². The van der Waals surface area contributed by atoms with Gasteiger partial charge in [-0.3, -0.25) is 15.0 Å². The summed E-state index contributed by atoms with van der Waals surface area (Å²) in [6.07, 6.45) is 0. The van der Waals surface area contributed by atoms with Gasteiger partial charge in [0.2, 0.25) is 0 Å². The Morgan fingerprint density at radius 2 is 1.82 bits per heavy atom. The Balaban J connectivity index is 2.01. The Morgan fingerprint density at radius 1 is 1.00 bits per heavy atom. The van der Waals surface area contributed by atoms with E-state index in [9.17, 15) is 9.18 Å². The van der Waals surface area contributed by atoms with E-state index in [1.807, 2.05) is 0 Å². The maximum atomic E-state index is 13.1. The summed E-state index contributed by atoms with van der Waals surface area (Å²) in [6, 6.07) is 12.6. The monoisotopic (exact) mass is 297 g/mol. The van der Waals surface area contributed by atoms with E-state index in [1.54, 1.807) is 30.3 Å². The Hall–Kier alpha value is -3.22. The summed E-state index contributed by atoms with van der Waals surface area (Å²) in [5, 5.41) is 13.0. The number of hydrogen-bond donors (Lipinski definition) is 3. The van der Waals surface area contributed by atoms with Crippen molar-refractivity contribution in [1.82, 2.24) is 10.2 Å². The van der Waals surface area contributed by atoms with Crippen LogP contribution in [0.4, 0.5) is 21.5 Å². The zero-order valence-electron chi connectivity index (χ0n) is 11.4. The number of benzene rings is 2. The number of azo groups is 1. The predicted octanol–water partition coefficient (Wildman–Crippen LogP) is 3.51. The molecular formula is C15H12FN5O. The molecule has 0 amide bonds. The second-order valence-corrected chi connectivity index (χ2v) is 4.61. The van der Waals surface area contributed by atoms with Crippen LogP contribution in [0.25, 0.3) is 11.3 Å². The van der Waals surface area contributed by atoms with Crippen molar-refractivity contribution >= 4 is 17.1 Å². The third kappa shape index (κ3) is 2.78. The number of nitrogens with zero attached hydrogens (tertiary/aromatic N) is 2. The third-order valence-electron chi connectivity index (χ3n) is 3.00. The molecule has 0 saturated heterocycles. The van der Waals surface area contributed by atoms with E-state index in [4.69, 9.17) is 5.73 Å². The molecule has 0 bridgehead atoms. The number of aromatic amines is 2. The minimum absolute atomic E-state index is 0.106. The van der Waals surface area contributed by atoms with E-state index >= 15 is 0 Å². The minimum Gasteiger partial charge on any atom is -0.399 e. The van der Waals surface area contributed by atoms with E-state index < -0.39 is 11.4 Å². The number of nitrogens with two attached hydrogens (primary N) is 1. The van der Waals surface area contributed by atoms with Gasteiger partial charge in [0.25, 0.3) is 5.56 Å². The number of nitrogens with one attached hydrogen (secondary N) is 2. The van der Waals surface area contributed by atoms with Crippen LogP contribution in [0.1, 0.15) is 0 Å². The van der Waals surface area contributed by atoms with Crippen LogP contribution in [-0.2, 0) is 0 Å². The molecule has 2 aromatic carbocycles. The van der Waals surface area contributed by atoms with Gasteiger partial charge in [-0.25, -0.2) is 4.39 Å². The van der Waals surface area contributed by atoms with Crippen LogP contribution >= 0.6 is 0 Å². The van der Waals surface area contributed by atoms with Crippen molar-refractivity contribution in [2.75, 3.05) is 5.73 Å². The normalized spacial score (nSPS) is 11.1. The largest absolute Gasteiger partial charge is 0.399 e. The lowest BCUT2D eigenvalue weighted by atomic mass is 10.1. The SMILES string of the molecule is Nc1cccc(-c2[nH][nH]c(=O)c2N=Nc2cccc(F)c2)c1. The summed E-state index contributed by atoms with van der Waals surface area (Å²) < 4.78 is 13.1. The molecule has 6 nitrogen and oxygen atoms in total. The van der Waals surface area contributed by atoms with Gasteiger partial charge in [-0.15, -0.1) is 5.11 Å². The maximum absolute atomic E-state index is 13.1. The fourth-order valence-corrected chi connectivity index (χ4v) is 2.00. The first kappa shape index (κ1) is 13.7. The molecular weight excluding hydrogens is 285 g/mol. The molecule has 22 heavy (non-hydrogen) atoms. The maximum Gasteiger partial charge on any atom is 0.292 e. The molecule has 0 radical (unpaired) electrons. The lowest BCUT2D eigenvalue weighted by Gasteiger charge is -2.00. The van der Waals surface area contributed by atoms with Gasteiger partial charge in [0, 0.05) is 17.3 Å². The molecule has 0 spiro atoms. The van der Waals surface area contributed by atoms with Crippen LogP contribution < -0.4 is 11.3 Å². The van der Waals surface area contributed by atoms with Crippen LogP contribution in [0.3, 0.4) is 0 Å². The Labute approximate surface area is 124 Å². The zero-order chi connectivity index (χ0) is 15.5.